The molecule has 0 heterocycles. The van der Waals surface area contributed by atoms with Crippen LogP contribution < -0.4 is 0 Å². The van der Waals surface area contributed by atoms with E-state index in [2.05, 4.69) is 67.8 Å². The molecule has 0 aliphatic heterocycles. The van der Waals surface area contributed by atoms with Crippen LogP contribution in [0.4, 0.5) is 0 Å². The molecule has 0 spiro atoms. The second-order valence-electron chi connectivity index (χ2n) is 3.92. The molecule has 1 nitrogen and oxygen atoms in total. The fraction of sp³-hybridized carbons (Fsp3) is 0.267. The standard InChI is InChI=1S/C15H18N/c1-3-16(4-2)12-14-10-7-9-13-8-5-6-11-15(13)14/h5-12H,3-4H2,1-2H3. The molecule has 0 fully saturated rings. The molecule has 16 heavy (non-hydrogen) atoms. The van der Waals surface area contributed by atoms with E-state index in [1.807, 2.05) is 0 Å². The molecule has 2 aromatic carbocycles. The predicted molar refractivity (Wildman–Crippen MR) is 70.3 cm³/mol. The van der Waals surface area contributed by atoms with Gasteiger partial charge in [0, 0.05) is 0 Å². The molecule has 2 rings (SSSR count). The second-order valence-corrected chi connectivity index (χ2v) is 3.92. The van der Waals surface area contributed by atoms with Crippen LogP contribution in [0.2, 0.25) is 0 Å². The van der Waals surface area contributed by atoms with Gasteiger partial charge in [-0.3, -0.25) is 4.90 Å². The molecule has 0 atom stereocenters. The fourth-order valence-electron chi connectivity index (χ4n) is 1.97. The van der Waals surface area contributed by atoms with Gasteiger partial charge in [-0.2, -0.15) is 0 Å². The molecular formula is C15H18N. The van der Waals surface area contributed by atoms with E-state index in [0.29, 0.717) is 0 Å². The highest BCUT2D eigenvalue weighted by molar-refractivity contribution is 5.86. The van der Waals surface area contributed by atoms with Gasteiger partial charge in [-0.25, -0.2) is 0 Å². The minimum absolute atomic E-state index is 1.06. The Hall–Kier alpha value is -1.34. The molecule has 0 saturated heterocycles. The quantitative estimate of drug-likeness (QED) is 0.747. The van der Waals surface area contributed by atoms with Gasteiger partial charge in [-0.05, 0) is 29.4 Å². The third-order valence-electron chi connectivity index (χ3n) is 2.96. The van der Waals surface area contributed by atoms with E-state index >= 15 is 0 Å². The summed E-state index contributed by atoms with van der Waals surface area (Å²) in [4.78, 5) is 2.32. The van der Waals surface area contributed by atoms with E-state index < -0.39 is 0 Å². The maximum Gasteiger partial charge on any atom is 0.0551 e. The van der Waals surface area contributed by atoms with Crippen molar-refractivity contribution >= 4 is 10.8 Å². The first-order valence-corrected chi connectivity index (χ1v) is 5.91. The van der Waals surface area contributed by atoms with Gasteiger partial charge in [0.15, 0.2) is 0 Å². The van der Waals surface area contributed by atoms with Crippen LogP contribution in [0.1, 0.15) is 19.4 Å². The summed E-state index contributed by atoms with van der Waals surface area (Å²) in [6, 6.07) is 15.0. The Labute approximate surface area is 97.7 Å². The lowest BCUT2D eigenvalue weighted by molar-refractivity contribution is 0.384. The van der Waals surface area contributed by atoms with Gasteiger partial charge in [0.2, 0.25) is 0 Å². The van der Waals surface area contributed by atoms with Crippen LogP contribution in [0.15, 0.2) is 42.5 Å². The average Bonchev–Trinajstić information content (AvgIpc) is 2.36. The lowest BCUT2D eigenvalue weighted by Crippen LogP contribution is -2.20. The van der Waals surface area contributed by atoms with Crippen molar-refractivity contribution in [2.75, 3.05) is 13.1 Å². The zero-order valence-electron chi connectivity index (χ0n) is 9.98. The van der Waals surface area contributed by atoms with E-state index in [9.17, 15) is 0 Å². The summed E-state index contributed by atoms with van der Waals surface area (Å²) in [6.45, 7) is 8.73. The highest BCUT2D eigenvalue weighted by Crippen LogP contribution is 2.20. The first kappa shape index (κ1) is 11.2. The maximum absolute atomic E-state index is 2.32. The Morgan fingerprint density at radius 1 is 0.938 bits per heavy atom. The SMILES string of the molecule is CCN([CH]c1cccc2ccccc12)CC. The molecule has 1 radical (unpaired) electrons. The van der Waals surface area contributed by atoms with E-state index in [-0.39, 0.29) is 0 Å². The molecular weight excluding hydrogens is 194 g/mol. The summed E-state index contributed by atoms with van der Waals surface area (Å²) < 4.78 is 0. The number of hydrogen-bond acceptors (Lipinski definition) is 1. The largest absolute Gasteiger partial charge is 0.295 e. The van der Waals surface area contributed by atoms with E-state index in [4.69, 9.17) is 0 Å². The van der Waals surface area contributed by atoms with Crippen LogP contribution in [0, 0.1) is 6.54 Å². The van der Waals surface area contributed by atoms with Crippen molar-refractivity contribution in [3.05, 3.63) is 54.6 Å². The van der Waals surface area contributed by atoms with Gasteiger partial charge in [0.05, 0.1) is 6.54 Å². The van der Waals surface area contributed by atoms with Gasteiger partial charge in [-0.1, -0.05) is 56.3 Å². The summed E-state index contributed by atoms with van der Waals surface area (Å²) in [5, 5.41) is 2.64. The molecule has 0 aromatic heterocycles. The molecule has 2 aromatic rings. The van der Waals surface area contributed by atoms with Crippen LogP contribution in [0.25, 0.3) is 10.8 Å². The third kappa shape index (κ3) is 2.25. The highest BCUT2D eigenvalue weighted by Gasteiger charge is 2.04. The van der Waals surface area contributed by atoms with Crippen molar-refractivity contribution in [2.45, 2.75) is 13.8 Å². The Balaban J connectivity index is 2.36. The average molecular weight is 212 g/mol. The summed E-state index contributed by atoms with van der Waals surface area (Å²) >= 11 is 0. The minimum Gasteiger partial charge on any atom is -0.295 e. The fourth-order valence-corrected chi connectivity index (χ4v) is 1.97. The van der Waals surface area contributed by atoms with Crippen LogP contribution in [0.3, 0.4) is 0 Å². The van der Waals surface area contributed by atoms with Crippen LogP contribution >= 0.6 is 0 Å². The number of nitrogens with zero attached hydrogens (tertiary/aromatic N) is 1. The maximum atomic E-state index is 2.32. The molecule has 0 bridgehead atoms. The molecule has 0 amide bonds. The summed E-state index contributed by atoms with van der Waals surface area (Å²) in [7, 11) is 0. The Kier molecular flexibility index (Phi) is 3.58. The van der Waals surface area contributed by atoms with Crippen LogP contribution in [-0.4, -0.2) is 18.0 Å². The van der Waals surface area contributed by atoms with Crippen molar-refractivity contribution in [1.29, 1.82) is 0 Å². The summed E-state index contributed by atoms with van der Waals surface area (Å²) in [5.41, 5.74) is 1.31. The molecule has 0 N–H and O–H groups in total. The topological polar surface area (TPSA) is 3.24 Å². The second kappa shape index (κ2) is 5.13. The molecule has 83 valence electrons. The Bertz CT molecular complexity index is 452. The Morgan fingerprint density at radius 2 is 1.62 bits per heavy atom. The lowest BCUT2D eigenvalue weighted by atomic mass is 10.0. The zero-order valence-corrected chi connectivity index (χ0v) is 9.98. The van der Waals surface area contributed by atoms with E-state index in [0.717, 1.165) is 13.1 Å². The Morgan fingerprint density at radius 3 is 2.38 bits per heavy atom. The van der Waals surface area contributed by atoms with Crippen LogP contribution in [-0.2, 0) is 0 Å². The third-order valence-corrected chi connectivity index (χ3v) is 2.96. The zero-order chi connectivity index (χ0) is 11.4. The number of hydrogen-bond donors (Lipinski definition) is 0. The van der Waals surface area contributed by atoms with E-state index in [1.165, 1.54) is 16.3 Å². The molecule has 0 aliphatic rings. The van der Waals surface area contributed by atoms with E-state index in [1.54, 1.807) is 0 Å². The van der Waals surface area contributed by atoms with Crippen molar-refractivity contribution in [3.8, 4) is 0 Å². The van der Waals surface area contributed by atoms with Crippen molar-refractivity contribution in [2.24, 2.45) is 0 Å². The molecule has 0 saturated carbocycles. The normalized spacial score (nSPS) is 11.2. The minimum atomic E-state index is 1.06. The smallest absolute Gasteiger partial charge is 0.0551 e. The highest BCUT2D eigenvalue weighted by atomic mass is 15.1. The van der Waals surface area contributed by atoms with Gasteiger partial charge in [0.1, 0.15) is 0 Å². The monoisotopic (exact) mass is 212 g/mol. The summed E-state index contributed by atoms with van der Waals surface area (Å²) in [5.74, 6) is 0. The van der Waals surface area contributed by atoms with Crippen molar-refractivity contribution in [1.82, 2.24) is 4.90 Å². The van der Waals surface area contributed by atoms with Gasteiger partial charge in [-0.15, -0.1) is 0 Å². The molecule has 0 aliphatic carbocycles. The number of benzene rings is 2. The first-order valence-electron chi connectivity index (χ1n) is 5.91. The molecule has 0 unspecified atom stereocenters. The van der Waals surface area contributed by atoms with Gasteiger partial charge < -0.3 is 0 Å². The van der Waals surface area contributed by atoms with Crippen molar-refractivity contribution < 1.29 is 0 Å². The first-order chi connectivity index (χ1) is 7.85. The van der Waals surface area contributed by atoms with Crippen molar-refractivity contribution in [3.63, 3.8) is 0 Å². The number of rotatable bonds is 4. The van der Waals surface area contributed by atoms with Gasteiger partial charge in [0.25, 0.3) is 0 Å². The number of fused-ring (bicyclic) bond motifs is 1. The molecule has 1 heteroatoms. The van der Waals surface area contributed by atoms with Gasteiger partial charge >= 0.3 is 0 Å². The summed E-state index contributed by atoms with van der Waals surface area (Å²) in [6.07, 6.45) is 0. The van der Waals surface area contributed by atoms with Crippen LogP contribution in [0.5, 0.6) is 0 Å². The lowest BCUT2D eigenvalue weighted by Gasteiger charge is -2.18. The predicted octanol–water partition coefficient (Wildman–Crippen LogP) is 3.69.